The number of benzene rings is 2. The fourth-order valence-electron chi connectivity index (χ4n) is 4.33. The van der Waals surface area contributed by atoms with Crippen LogP contribution in [0.1, 0.15) is 44.0 Å². The minimum Gasteiger partial charge on any atom is -0.271 e. The Morgan fingerprint density at radius 3 is 2.25 bits per heavy atom. The number of nitrogens with zero attached hydrogens (tertiary/aromatic N) is 5. The molecule has 5 rings (SSSR count). The van der Waals surface area contributed by atoms with Crippen LogP contribution in [0.2, 0.25) is 0 Å². The van der Waals surface area contributed by atoms with Gasteiger partial charge in [-0.05, 0) is 68.5 Å². The van der Waals surface area contributed by atoms with Gasteiger partial charge in [-0.25, -0.2) is 14.6 Å². The van der Waals surface area contributed by atoms with Crippen molar-refractivity contribution in [2.24, 2.45) is 0 Å². The molecule has 2 aromatic carbocycles. The minimum absolute atomic E-state index is 0.123. The van der Waals surface area contributed by atoms with Crippen LogP contribution in [0.15, 0.2) is 48.8 Å². The smallest absolute Gasteiger partial charge is 0.271 e. The molecule has 0 N–H and O–H groups in total. The van der Waals surface area contributed by atoms with Crippen LogP contribution < -0.4 is 4.90 Å². The molecule has 3 heterocycles. The van der Waals surface area contributed by atoms with Gasteiger partial charge >= 0.3 is 0 Å². The van der Waals surface area contributed by atoms with Crippen molar-refractivity contribution in [2.45, 2.75) is 41.2 Å². The van der Waals surface area contributed by atoms with E-state index in [-0.39, 0.29) is 5.91 Å². The summed E-state index contributed by atoms with van der Waals surface area (Å²) in [6, 6.07) is 12.4. The molecule has 0 saturated carbocycles. The largest absolute Gasteiger partial charge is 0.280 e. The number of rotatable bonds is 3. The standard InChI is InChI=1S/C26H25N5O/c1-15-8-6-7-9-21(15)20-12-27-26(28-13-20)30-14-22-19(5)29-31(24(22)25(30)32)23-11-17(3)16(2)10-18(23)4/h6-13H,14H2,1-5H3. The van der Waals surface area contributed by atoms with Crippen LogP contribution in [0.4, 0.5) is 5.95 Å². The predicted molar refractivity (Wildman–Crippen MR) is 125 cm³/mol. The van der Waals surface area contributed by atoms with Crippen LogP contribution >= 0.6 is 0 Å². The summed E-state index contributed by atoms with van der Waals surface area (Å²) < 4.78 is 1.79. The summed E-state index contributed by atoms with van der Waals surface area (Å²) >= 11 is 0. The highest BCUT2D eigenvalue weighted by molar-refractivity contribution is 6.08. The normalized spacial score (nSPS) is 13.0. The lowest BCUT2D eigenvalue weighted by atomic mass is 10.0. The first-order valence-electron chi connectivity index (χ1n) is 10.7. The van der Waals surface area contributed by atoms with Gasteiger partial charge in [-0.3, -0.25) is 9.69 Å². The van der Waals surface area contributed by atoms with Crippen LogP contribution in [0.25, 0.3) is 16.8 Å². The molecule has 0 saturated heterocycles. The van der Waals surface area contributed by atoms with Gasteiger partial charge in [-0.1, -0.05) is 30.3 Å². The highest BCUT2D eigenvalue weighted by Gasteiger charge is 2.36. The number of carbonyl (C=O) groups excluding carboxylic acids is 1. The molecule has 2 aromatic heterocycles. The van der Waals surface area contributed by atoms with Crippen molar-refractivity contribution in [1.82, 2.24) is 19.7 Å². The second-order valence-electron chi connectivity index (χ2n) is 8.53. The first kappa shape index (κ1) is 20.1. The second kappa shape index (κ2) is 7.41. The monoisotopic (exact) mass is 423 g/mol. The van der Waals surface area contributed by atoms with Gasteiger partial charge in [0, 0.05) is 23.5 Å². The molecule has 0 aliphatic carbocycles. The molecule has 0 atom stereocenters. The van der Waals surface area contributed by atoms with E-state index in [2.05, 4.69) is 61.9 Å². The van der Waals surface area contributed by atoms with Gasteiger partial charge in [-0.2, -0.15) is 5.10 Å². The van der Waals surface area contributed by atoms with E-state index in [4.69, 9.17) is 5.10 Å². The molecule has 1 aliphatic heterocycles. The lowest BCUT2D eigenvalue weighted by Crippen LogP contribution is -2.27. The topological polar surface area (TPSA) is 63.9 Å². The fraction of sp³-hybridized carbons (Fsp3) is 0.231. The number of amides is 1. The molecular formula is C26H25N5O. The van der Waals surface area contributed by atoms with Crippen LogP contribution in [0, 0.1) is 34.6 Å². The Morgan fingerprint density at radius 2 is 1.53 bits per heavy atom. The van der Waals surface area contributed by atoms with Crippen molar-refractivity contribution in [3.8, 4) is 16.8 Å². The van der Waals surface area contributed by atoms with E-state index in [0.29, 0.717) is 18.2 Å². The number of hydrogen-bond acceptors (Lipinski definition) is 4. The third kappa shape index (κ3) is 3.11. The van der Waals surface area contributed by atoms with Crippen LogP contribution in [-0.4, -0.2) is 25.7 Å². The Kier molecular flexibility index (Phi) is 4.66. The van der Waals surface area contributed by atoms with Crippen LogP contribution in [-0.2, 0) is 6.54 Å². The summed E-state index contributed by atoms with van der Waals surface area (Å²) in [6.07, 6.45) is 3.57. The highest BCUT2D eigenvalue weighted by atomic mass is 16.2. The molecule has 6 heteroatoms. The van der Waals surface area contributed by atoms with Gasteiger partial charge in [0.25, 0.3) is 5.91 Å². The zero-order valence-electron chi connectivity index (χ0n) is 19.0. The molecule has 0 fully saturated rings. The Balaban J connectivity index is 1.51. The molecule has 4 aromatic rings. The Morgan fingerprint density at radius 1 is 0.844 bits per heavy atom. The number of anilines is 1. The quantitative estimate of drug-likeness (QED) is 0.464. The molecule has 6 nitrogen and oxygen atoms in total. The third-order valence-electron chi connectivity index (χ3n) is 6.32. The van der Waals surface area contributed by atoms with Crippen molar-refractivity contribution in [3.05, 3.63) is 88.0 Å². The summed E-state index contributed by atoms with van der Waals surface area (Å²) in [5.41, 5.74) is 9.98. The number of aryl methyl sites for hydroxylation is 5. The third-order valence-corrected chi connectivity index (χ3v) is 6.32. The van der Waals surface area contributed by atoms with Crippen molar-refractivity contribution in [1.29, 1.82) is 0 Å². The van der Waals surface area contributed by atoms with Crippen molar-refractivity contribution in [2.75, 3.05) is 4.90 Å². The van der Waals surface area contributed by atoms with Crippen LogP contribution in [0.5, 0.6) is 0 Å². The SMILES string of the molecule is Cc1cc(C)c(-n2nc(C)c3c2C(=O)N(c2ncc(-c4ccccc4C)cn2)C3)cc1C. The van der Waals surface area contributed by atoms with Gasteiger partial charge in [0.05, 0.1) is 17.9 Å². The molecule has 0 unspecified atom stereocenters. The number of carbonyl (C=O) groups is 1. The summed E-state index contributed by atoms with van der Waals surface area (Å²) in [7, 11) is 0. The van der Waals surface area contributed by atoms with Crippen molar-refractivity contribution < 1.29 is 4.79 Å². The maximum atomic E-state index is 13.5. The van der Waals surface area contributed by atoms with E-state index in [1.165, 1.54) is 11.1 Å². The maximum Gasteiger partial charge on any atom is 0.280 e. The molecule has 1 aliphatic rings. The van der Waals surface area contributed by atoms with E-state index < -0.39 is 0 Å². The van der Waals surface area contributed by atoms with Crippen molar-refractivity contribution >= 4 is 11.9 Å². The van der Waals surface area contributed by atoms with E-state index >= 15 is 0 Å². The predicted octanol–water partition coefficient (Wildman–Crippen LogP) is 5.03. The maximum absolute atomic E-state index is 13.5. The van der Waals surface area contributed by atoms with Gasteiger partial charge < -0.3 is 0 Å². The zero-order chi connectivity index (χ0) is 22.6. The first-order valence-corrected chi connectivity index (χ1v) is 10.7. The molecule has 0 radical (unpaired) electrons. The number of fused-ring (bicyclic) bond motifs is 1. The minimum atomic E-state index is -0.123. The number of aromatic nitrogens is 4. The summed E-state index contributed by atoms with van der Waals surface area (Å²) in [5, 5.41) is 4.70. The highest BCUT2D eigenvalue weighted by Crippen LogP contribution is 2.32. The summed E-state index contributed by atoms with van der Waals surface area (Å²) in [4.78, 5) is 24.2. The lowest BCUT2D eigenvalue weighted by Gasteiger charge is -2.16. The van der Waals surface area contributed by atoms with Gasteiger partial charge in [-0.15, -0.1) is 0 Å². The van der Waals surface area contributed by atoms with Crippen LogP contribution in [0.3, 0.4) is 0 Å². The Labute approximate surface area is 187 Å². The molecule has 0 spiro atoms. The average Bonchev–Trinajstić information content (AvgIpc) is 3.29. The zero-order valence-corrected chi connectivity index (χ0v) is 19.0. The number of hydrogen-bond donors (Lipinski definition) is 0. The van der Waals surface area contributed by atoms with E-state index in [1.807, 2.05) is 19.1 Å². The molecular weight excluding hydrogens is 398 g/mol. The van der Waals surface area contributed by atoms with Gasteiger partial charge in [0.15, 0.2) is 0 Å². The van der Waals surface area contributed by atoms with Crippen molar-refractivity contribution in [3.63, 3.8) is 0 Å². The molecule has 32 heavy (non-hydrogen) atoms. The van der Waals surface area contributed by atoms with Gasteiger partial charge in [0.1, 0.15) is 5.69 Å². The average molecular weight is 424 g/mol. The first-order chi connectivity index (χ1) is 15.3. The Bertz CT molecular complexity index is 1370. The summed E-state index contributed by atoms with van der Waals surface area (Å²) in [6.45, 7) is 10.7. The molecule has 0 bridgehead atoms. The van der Waals surface area contributed by atoms with E-state index in [9.17, 15) is 4.79 Å². The molecule has 160 valence electrons. The molecule has 1 amide bonds. The fourth-order valence-corrected chi connectivity index (χ4v) is 4.33. The summed E-state index contributed by atoms with van der Waals surface area (Å²) in [5.74, 6) is 0.285. The van der Waals surface area contributed by atoms with Gasteiger partial charge in [0.2, 0.25) is 5.95 Å². The van der Waals surface area contributed by atoms with E-state index in [0.717, 1.165) is 39.2 Å². The lowest BCUT2D eigenvalue weighted by molar-refractivity contribution is 0.0988. The second-order valence-corrected chi connectivity index (χ2v) is 8.53. The Hall–Kier alpha value is -3.80. The van der Waals surface area contributed by atoms with E-state index in [1.54, 1.807) is 22.0 Å².